The minimum atomic E-state index is -0.367. The van der Waals surface area contributed by atoms with Crippen LogP contribution in [0.15, 0.2) is 0 Å². The number of rotatable bonds is 3. The second-order valence-corrected chi connectivity index (χ2v) is 6.70. The smallest absolute Gasteiger partial charge is 0.245 e. The number of carbonyl (C=O) groups excluding carboxylic acids is 2. The molecule has 5 heteroatoms. The highest BCUT2D eigenvalue weighted by Gasteiger charge is 2.41. The topological polar surface area (TPSA) is 49.4 Å². The molecule has 4 nitrogen and oxygen atoms in total. The molecule has 0 aromatic heterocycles. The van der Waals surface area contributed by atoms with Gasteiger partial charge in [0.1, 0.15) is 12.1 Å². The van der Waals surface area contributed by atoms with E-state index in [4.69, 9.17) is 0 Å². The lowest BCUT2D eigenvalue weighted by Crippen LogP contribution is -2.65. The first-order chi connectivity index (χ1) is 9.08. The van der Waals surface area contributed by atoms with Gasteiger partial charge in [0.15, 0.2) is 0 Å². The molecule has 1 heterocycles. The van der Waals surface area contributed by atoms with Crippen LogP contribution in [-0.2, 0) is 9.59 Å². The highest BCUT2D eigenvalue weighted by atomic mass is 32.2. The molecule has 0 spiro atoms. The molecule has 19 heavy (non-hydrogen) atoms. The first-order valence-electron chi connectivity index (χ1n) is 7.23. The quantitative estimate of drug-likeness (QED) is 0.859. The number of thioether (sulfide) groups is 1. The normalized spacial score (nSPS) is 36.3. The maximum Gasteiger partial charge on any atom is 0.245 e. The summed E-state index contributed by atoms with van der Waals surface area (Å²) in [6.07, 6.45) is 7.24. The summed E-state index contributed by atoms with van der Waals surface area (Å²) in [7, 11) is 0. The van der Waals surface area contributed by atoms with E-state index in [1.54, 1.807) is 6.92 Å². The molecule has 2 unspecified atom stereocenters. The van der Waals surface area contributed by atoms with Gasteiger partial charge in [0.05, 0.1) is 0 Å². The molecule has 1 aliphatic heterocycles. The van der Waals surface area contributed by atoms with Crippen molar-refractivity contribution in [3.05, 3.63) is 0 Å². The summed E-state index contributed by atoms with van der Waals surface area (Å²) in [5.74, 6) is 0.112. The molecule has 1 N–H and O–H groups in total. The van der Waals surface area contributed by atoms with E-state index in [1.807, 2.05) is 23.6 Å². The fourth-order valence-corrected chi connectivity index (χ4v) is 3.99. The molecule has 0 bridgehead atoms. The minimum Gasteiger partial charge on any atom is -0.343 e. The molecule has 2 rings (SSSR count). The van der Waals surface area contributed by atoms with Crippen molar-refractivity contribution in [3.8, 4) is 0 Å². The second-order valence-electron chi connectivity index (χ2n) is 5.57. The fraction of sp³-hybridized carbons (Fsp3) is 0.857. The van der Waals surface area contributed by atoms with Crippen molar-refractivity contribution in [2.75, 3.05) is 6.26 Å². The molecule has 2 fully saturated rings. The van der Waals surface area contributed by atoms with Crippen LogP contribution in [0.25, 0.3) is 0 Å². The Hall–Kier alpha value is -0.710. The minimum absolute atomic E-state index is 0.0154. The summed E-state index contributed by atoms with van der Waals surface area (Å²) in [5, 5.41) is 3.51. The summed E-state index contributed by atoms with van der Waals surface area (Å²) < 4.78 is 0. The van der Waals surface area contributed by atoms with Gasteiger partial charge in [0.2, 0.25) is 11.8 Å². The fourth-order valence-electron chi connectivity index (χ4n) is 3.25. The molecule has 0 aromatic rings. The van der Waals surface area contributed by atoms with Crippen molar-refractivity contribution in [2.24, 2.45) is 0 Å². The van der Waals surface area contributed by atoms with Crippen LogP contribution in [0.3, 0.4) is 0 Å². The third-order valence-corrected chi connectivity index (χ3v) is 5.52. The number of nitrogens with one attached hydrogen (secondary N) is 1. The average molecular weight is 284 g/mol. The SMILES string of the molecule is CCC1C(=O)NC(C)C(=O)N1C1CCC(SC)CC1. The third kappa shape index (κ3) is 2.91. The number of carbonyl (C=O) groups is 2. The van der Waals surface area contributed by atoms with Gasteiger partial charge >= 0.3 is 0 Å². The van der Waals surface area contributed by atoms with Gasteiger partial charge in [-0.1, -0.05) is 6.92 Å². The van der Waals surface area contributed by atoms with Crippen molar-refractivity contribution in [1.29, 1.82) is 0 Å². The van der Waals surface area contributed by atoms with Crippen LogP contribution in [0.1, 0.15) is 46.0 Å². The highest BCUT2D eigenvalue weighted by Crippen LogP contribution is 2.32. The molecule has 1 saturated heterocycles. The molecular formula is C14H24N2O2S. The van der Waals surface area contributed by atoms with Gasteiger partial charge in [-0.3, -0.25) is 9.59 Å². The predicted molar refractivity (Wildman–Crippen MR) is 78.1 cm³/mol. The van der Waals surface area contributed by atoms with Crippen LogP contribution in [0.2, 0.25) is 0 Å². The molecule has 0 radical (unpaired) electrons. The van der Waals surface area contributed by atoms with Crippen molar-refractivity contribution in [3.63, 3.8) is 0 Å². The van der Waals surface area contributed by atoms with E-state index in [-0.39, 0.29) is 29.9 Å². The Morgan fingerprint density at radius 2 is 1.89 bits per heavy atom. The van der Waals surface area contributed by atoms with Gasteiger partial charge in [-0.05, 0) is 45.3 Å². The van der Waals surface area contributed by atoms with E-state index in [9.17, 15) is 9.59 Å². The van der Waals surface area contributed by atoms with Crippen LogP contribution in [0.4, 0.5) is 0 Å². The highest BCUT2D eigenvalue weighted by molar-refractivity contribution is 7.99. The van der Waals surface area contributed by atoms with Crippen LogP contribution in [0, 0.1) is 0 Å². The molecule has 2 atom stereocenters. The van der Waals surface area contributed by atoms with Crippen LogP contribution in [0.5, 0.6) is 0 Å². The van der Waals surface area contributed by atoms with Gasteiger partial charge in [0.25, 0.3) is 0 Å². The monoisotopic (exact) mass is 284 g/mol. The van der Waals surface area contributed by atoms with E-state index in [0.717, 1.165) is 30.9 Å². The summed E-state index contributed by atoms with van der Waals surface area (Å²) in [4.78, 5) is 26.3. The maximum absolute atomic E-state index is 12.4. The lowest BCUT2D eigenvalue weighted by molar-refractivity contribution is -0.152. The zero-order valence-corrected chi connectivity index (χ0v) is 12.8. The molecule has 1 aliphatic carbocycles. The summed E-state index contributed by atoms with van der Waals surface area (Å²) in [5.41, 5.74) is 0. The summed E-state index contributed by atoms with van der Waals surface area (Å²) >= 11 is 1.92. The number of hydrogen-bond acceptors (Lipinski definition) is 3. The Morgan fingerprint density at radius 3 is 2.42 bits per heavy atom. The van der Waals surface area contributed by atoms with Crippen molar-refractivity contribution < 1.29 is 9.59 Å². The molecule has 2 amide bonds. The van der Waals surface area contributed by atoms with E-state index in [0.29, 0.717) is 6.42 Å². The first-order valence-corrected chi connectivity index (χ1v) is 8.52. The van der Waals surface area contributed by atoms with Crippen molar-refractivity contribution >= 4 is 23.6 Å². The molecule has 108 valence electrons. The van der Waals surface area contributed by atoms with E-state index in [1.165, 1.54) is 0 Å². The molecular weight excluding hydrogens is 260 g/mol. The summed E-state index contributed by atoms with van der Waals surface area (Å²) in [6, 6.07) is -0.373. The third-order valence-electron chi connectivity index (χ3n) is 4.38. The van der Waals surface area contributed by atoms with Crippen LogP contribution >= 0.6 is 11.8 Å². The van der Waals surface area contributed by atoms with Gasteiger partial charge in [-0.25, -0.2) is 0 Å². The Balaban J connectivity index is 2.10. The molecule has 0 aromatic carbocycles. The van der Waals surface area contributed by atoms with Gasteiger partial charge in [0, 0.05) is 11.3 Å². The standard InChI is InChI=1S/C14H24N2O2S/c1-4-12-13(17)15-9(2)14(18)16(12)10-5-7-11(19-3)8-6-10/h9-12H,4-8H2,1-3H3,(H,15,17). The largest absolute Gasteiger partial charge is 0.343 e. The van der Waals surface area contributed by atoms with Gasteiger partial charge in [-0.2, -0.15) is 11.8 Å². The van der Waals surface area contributed by atoms with Crippen molar-refractivity contribution in [1.82, 2.24) is 10.2 Å². The number of piperazine rings is 1. The Labute approximate surface area is 119 Å². The second kappa shape index (κ2) is 6.16. The van der Waals surface area contributed by atoms with Gasteiger partial charge in [-0.15, -0.1) is 0 Å². The average Bonchev–Trinajstić information content (AvgIpc) is 2.42. The van der Waals surface area contributed by atoms with E-state index in [2.05, 4.69) is 11.6 Å². The van der Waals surface area contributed by atoms with E-state index >= 15 is 0 Å². The van der Waals surface area contributed by atoms with Crippen LogP contribution in [-0.4, -0.2) is 46.3 Å². The number of hydrogen-bond donors (Lipinski definition) is 1. The first kappa shape index (κ1) is 14.7. The Bertz CT molecular complexity index is 353. The Morgan fingerprint density at radius 1 is 1.26 bits per heavy atom. The zero-order valence-electron chi connectivity index (χ0n) is 12.0. The van der Waals surface area contributed by atoms with E-state index < -0.39 is 0 Å². The van der Waals surface area contributed by atoms with Gasteiger partial charge < -0.3 is 10.2 Å². The predicted octanol–water partition coefficient (Wildman–Crippen LogP) is 1.79. The van der Waals surface area contributed by atoms with Crippen LogP contribution < -0.4 is 5.32 Å². The number of amides is 2. The zero-order chi connectivity index (χ0) is 14.0. The lowest BCUT2D eigenvalue weighted by atomic mass is 9.90. The van der Waals surface area contributed by atoms with Crippen molar-refractivity contribution in [2.45, 2.75) is 69.3 Å². The lowest BCUT2D eigenvalue weighted by Gasteiger charge is -2.44. The Kier molecular flexibility index (Phi) is 4.76. The number of nitrogens with zero attached hydrogens (tertiary/aromatic N) is 1. The molecule has 1 saturated carbocycles. The maximum atomic E-state index is 12.4. The molecule has 2 aliphatic rings. The summed E-state index contributed by atoms with van der Waals surface area (Å²) in [6.45, 7) is 3.76.